The predicted octanol–water partition coefficient (Wildman–Crippen LogP) is 4.74. The molecule has 1 aliphatic rings. The molecule has 0 atom stereocenters. The van der Waals surface area contributed by atoms with Gasteiger partial charge in [0.25, 0.3) is 0 Å². The zero-order valence-corrected chi connectivity index (χ0v) is 15.4. The molecule has 1 aliphatic heterocycles. The highest BCUT2D eigenvalue weighted by atomic mass is 15.5. The predicted molar refractivity (Wildman–Crippen MR) is 100 cm³/mol. The van der Waals surface area contributed by atoms with E-state index >= 15 is 0 Å². The van der Waals surface area contributed by atoms with E-state index in [-0.39, 0.29) is 0 Å². The molecule has 2 aromatic carbocycles. The largest absolute Gasteiger partial charge is 0.264 e. The number of nitrogens with zero attached hydrogens (tertiary/aromatic N) is 1. The van der Waals surface area contributed by atoms with E-state index in [9.17, 15) is 0 Å². The van der Waals surface area contributed by atoms with Gasteiger partial charge in [-0.15, -0.1) is 0 Å². The SMILES string of the molecule is Cc1cc(C)c([N+]2(c3c(C)cc(C)cc3C)CCNC2)c(C)c1. The average molecular weight is 309 g/mol. The van der Waals surface area contributed by atoms with Gasteiger partial charge in [0.2, 0.25) is 0 Å². The van der Waals surface area contributed by atoms with Gasteiger partial charge in [-0.05, 0) is 41.5 Å². The van der Waals surface area contributed by atoms with Gasteiger partial charge in [0.1, 0.15) is 24.6 Å². The van der Waals surface area contributed by atoms with E-state index in [0.717, 1.165) is 24.2 Å². The monoisotopic (exact) mass is 309 g/mol. The summed E-state index contributed by atoms with van der Waals surface area (Å²) in [7, 11) is 0. The van der Waals surface area contributed by atoms with Gasteiger partial charge in [-0.2, -0.15) is 0 Å². The van der Waals surface area contributed by atoms with Crippen LogP contribution in [-0.2, 0) is 0 Å². The van der Waals surface area contributed by atoms with Gasteiger partial charge < -0.3 is 0 Å². The lowest BCUT2D eigenvalue weighted by atomic mass is 9.97. The number of hydrogen-bond donors (Lipinski definition) is 1. The molecule has 0 amide bonds. The summed E-state index contributed by atoms with van der Waals surface area (Å²) in [5.41, 5.74) is 11.3. The number of nitrogens with one attached hydrogen (secondary N) is 1. The van der Waals surface area contributed by atoms with Crippen molar-refractivity contribution in [3.05, 3.63) is 57.6 Å². The van der Waals surface area contributed by atoms with Crippen LogP contribution in [0.1, 0.15) is 33.4 Å². The van der Waals surface area contributed by atoms with Gasteiger partial charge in [0, 0.05) is 22.3 Å². The van der Waals surface area contributed by atoms with Crippen molar-refractivity contribution in [2.45, 2.75) is 41.5 Å². The standard InChI is InChI=1S/C21H29N2/c1-14-9-16(3)20(17(4)10-14)23(8-7-22-13-23)21-18(5)11-15(2)12-19(21)6/h9-12,22H,7-8,13H2,1-6H3/q+1. The molecule has 2 aromatic rings. The van der Waals surface area contributed by atoms with Crippen molar-refractivity contribution in [3.63, 3.8) is 0 Å². The van der Waals surface area contributed by atoms with Crippen LogP contribution in [0.2, 0.25) is 0 Å². The second kappa shape index (κ2) is 5.77. The van der Waals surface area contributed by atoms with Crippen LogP contribution >= 0.6 is 0 Å². The van der Waals surface area contributed by atoms with Crippen molar-refractivity contribution in [3.8, 4) is 0 Å². The van der Waals surface area contributed by atoms with Crippen molar-refractivity contribution < 1.29 is 0 Å². The molecule has 23 heavy (non-hydrogen) atoms. The first kappa shape index (κ1) is 16.2. The molecule has 0 aromatic heterocycles. The first-order valence-electron chi connectivity index (χ1n) is 8.60. The maximum Gasteiger partial charge on any atom is 0.144 e. The molecule has 1 saturated heterocycles. The summed E-state index contributed by atoms with van der Waals surface area (Å²) in [6.45, 7) is 16.6. The van der Waals surface area contributed by atoms with Gasteiger partial charge >= 0.3 is 0 Å². The van der Waals surface area contributed by atoms with Gasteiger partial charge in [-0.25, -0.2) is 4.48 Å². The molecule has 1 N–H and O–H groups in total. The Hall–Kier alpha value is -1.64. The second-order valence-electron chi connectivity index (χ2n) is 7.34. The van der Waals surface area contributed by atoms with Crippen molar-refractivity contribution >= 4 is 11.4 Å². The van der Waals surface area contributed by atoms with E-state index in [1.165, 1.54) is 44.8 Å². The number of benzene rings is 2. The van der Waals surface area contributed by atoms with Crippen LogP contribution in [0.4, 0.5) is 11.4 Å². The van der Waals surface area contributed by atoms with E-state index in [1.807, 2.05) is 0 Å². The van der Waals surface area contributed by atoms with Crippen LogP contribution < -0.4 is 9.80 Å². The molecule has 122 valence electrons. The summed E-state index contributed by atoms with van der Waals surface area (Å²) in [4.78, 5) is 0. The van der Waals surface area contributed by atoms with E-state index in [1.54, 1.807) is 0 Å². The quantitative estimate of drug-likeness (QED) is 0.790. The Morgan fingerprint density at radius 1 is 0.696 bits per heavy atom. The maximum absolute atomic E-state index is 3.62. The van der Waals surface area contributed by atoms with E-state index in [0.29, 0.717) is 0 Å². The fourth-order valence-electron chi connectivity index (χ4n) is 4.81. The molecule has 0 unspecified atom stereocenters. The Labute approximate surface area is 140 Å². The zero-order valence-electron chi connectivity index (χ0n) is 15.4. The minimum atomic E-state index is 0.940. The molecule has 0 saturated carbocycles. The minimum absolute atomic E-state index is 0.940. The molecule has 2 nitrogen and oxygen atoms in total. The fourth-order valence-corrected chi connectivity index (χ4v) is 4.81. The smallest absolute Gasteiger partial charge is 0.144 e. The Kier molecular flexibility index (Phi) is 4.07. The number of hydrogen-bond acceptors (Lipinski definition) is 1. The average Bonchev–Trinajstić information content (AvgIpc) is 2.85. The molecule has 0 spiro atoms. The van der Waals surface area contributed by atoms with Gasteiger partial charge in [0.05, 0.1) is 6.54 Å². The topological polar surface area (TPSA) is 12.0 Å². The van der Waals surface area contributed by atoms with Crippen LogP contribution in [-0.4, -0.2) is 19.8 Å². The van der Waals surface area contributed by atoms with Gasteiger partial charge in [0.15, 0.2) is 0 Å². The normalized spacial score (nSPS) is 16.8. The minimum Gasteiger partial charge on any atom is -0.264 e. The Balaban J connectivity index is 2.32. The third kappa shape index (κ3) is 2.60. The van der Waals surface area contributed by atoms with Gasteiger partial charge in [-0.3, -0.25) is 5.32 Å². The van der Waals surface area contributed by atoms with Crippen LogP contribution in [0.15, 0.2) is 24.3 Å². The maximum atomic E-state index is 3.62. The highest BCUT2D eigenvalue weighted by Gasteiger charge is 2.41. The van der Waals surface area contributed by atoms with Crippen molar-refractivity contribution in [2.75, 3.05) is 19.8 Å². The van der Waals surface area contributed by atoms with Crippen molar-refractivity contribution in [2.24, 2.45) is 0 Å². The third-order valence-corrected chi connectivity index (χ3v) is 5.18. The summed E-state index contributed by atoms with van der Waals surface area (Å²) in [6.07, 6.45) is 0. The Morgan fingerprint density at radius 3 is 1.39 bits per heavy atom. The fraction of sp³-hybridized carbons (Fsp3) is 0.429. The highest BCUT2D eigenvalue weighted by Crippen LogP contribution is 2.44. The van der Waals surface area contributed by atoms with Crippen LogP contribution in [0, 0.1) is 41.5 Å². The molecule has 0 radical (unpaired) electrons. The lowest BCUT2D eigenvalue weighted by molar-refractivity contribution is 0.452. The lowest BCUT2D eigenvalue weighted by Gasteiger charge is -2.37. The molecule has 1 heterocycles. The summed E-state index contributed by atoms with van der Waals surface area (Å²) in [5, 5.41) is 3.62. The summed E-state index contributed by atoms with van der Waals surface area (Å²) < 4.78 is 0.940. The second-order valence-corrected chi connectivity index (χ2v) is 7.34. The lowest BCUT2D eigenvalue weighted by Crippen LogP contribution is -2.45. The van der Waals surface area contributed by atoms with Crippen LogP contribution in [0.5, 0.6) is 0 Å². The summed E-state index contributed by atoms with van der Waals surface area (Å²) in [5.74, 6) is 0. The molecule has 0 aliphatic carbocycles. The Morgan fingerprint density at radius 2 is 1.09 bits per heavy atom. The number of quaternary nitrogens is 1. The van der Waals surface area contributed by atoms with E-state index in [4.69, 9.17) is 0 Å². The molecular weight excluding hydrogens is 280 g/mol. The van der Waals surface area contributed by atoms with E-state index < -0.39 is 0 Å². The van der Waals surface area contributed by atoms with Crippen LogP contribution in [0.25, 0.3) is 0 Å². The first-order valence-corrected chi connectivity index (χ1v) is 8.60. The molecule has 3 rings (SSSR count). The molecule has 2 heteroatoms. The molecule has 1 fully saturated rings. The summed E-state index contributed by atoms with van der Waals surface area (Å²) in [6, 6.07) is 9.33. The molecular formula is C21H29N2+. The molecule has 0 bridgehead atoms. The third-order valence-electron chi connectivity index (χ3n) is 5.18. The first-order chi connectivity index (χ1) is 10.8. The van der Waals surface area contributed by atoms with Gasteiger partial charge in [-0.1, -0.05) is 35.4 Å². The van der Waals surface area contributed by atoms with Crippen molar-refractivity contribution in [1.82, 2.24) is 9.80 Å². The number of aryl methyl sites for hydroxylation is 6. The summed E-state index contributed by atoms with van der Waals surface area (Å²) >= 11 is 0. The van der Waals surface area contributed by atoms with E-state index in [2.05, 4.69) is 71.1 Å². The van der Waals surface area contributed by atoms with Crippen LogP contribution in [0.3, 0.4) is 0 Å². The van der Waals surface area contributed by atoms with Crippen molar-refractivity contribution in [1.29, 1.82) is 0 Å². The Bertz CT molecular complexity index is 647. The highest BCUT2D eigenvalue weighted by molar-refractivity contribution is 5.71. The zero-order chi connectivity index (χ0) is 16.8. The number of rotatable bonds is 2.